The third-order valence-electron chi connectivity index (χ3n) is 8.51. The highest BCUT2D eigenvalue weighted by atomic mass is 16.3. The van der Waals surface area contributed by atoms with Crippen LogP contribution in [0.1, 0.15) is 73.6 Å². The third kappa shape index (κ3) is 2.71. The standard InChI is InChI=1S/C25H31N3O2/c1-16-3-4-21-20(11-16)25(23(29)27-21)7-5-19(6-8-25)28-10-9-24(15-28)12-18(13-24)22-26-17(2)14-30-22/h3-4,11,14,18-19H,5-10,12-13,15H2,1-2H3,(H,27,29). The number of hydrogen-bond donors (Lipinski definition) is 1. The van der Waals surface area contributed by atoms with Crippen molar-refractivity contribution in [3.8, 4) is 0 Å². The number of carbonyl (C=O) groups is 1. The summed E-state index contributed by atoms with van der Waals surface area (Å²) < 4.78 is 5.65. The summed E-state index contributed by atoms with van der Waals surface area (Å²) in [7, 11) is 0. The summed E-state index contributed by atoms with van der Waals surface area (Å²) in [4.78, 5) is 20.2. The van der Waals surface area contributed by atoms with Crippen molar-refractivity contribution in [2.45, 2.75) is 76.2 Å². The second kappa shape index (κ2) is 6.43. The minimum absolute atomic E-state index is 0.225. The zero-order valence-electron chi connectivity index (χ0n) is 18.0. The molecule has 0 radical (unpaired) electrons. The first kappa shape index (κ1) is 18.6. The van der Waals surface area contributed by atoms with Gasteiger partial charge in [0.1, 0.15) is 6.26 Å². The summed E-state index contributed by atoms with van der Waals surface area (Å²) in [5.41, 5.74) is 4.69. The first-order valence-electron chi connectivity index (χ1n) is 11.6. The molecule has 2 spiro atoms. The normalized spacial score (nSPS) is 35.6. The fourth-order valence-electron chi connectivity index (χ4n) is 6.82. The lowest BCUT2D eigenvalue weighted by atomic mass is 9.61. The highest BCUT2D eigenvalue weighted by Gasteiger charge is 2.53. The second-order valence-corrected chi connectivity index (χ2v) is 10.5. The number of anilines is 1. The molecule has 2 saturated carbocycles. The van der Waals surface area contributed by atoms with E-state index >= 15 is 0 Å². The van der Waals surface area contributed by atoms with Crippen molar-refractivity contribution in [1.29, 1.82) is 0 Å². The van der Waals surface area contributed by atoms with E-state index in [4.69, 9.17) is 4.42 Å². The molecule has 1 N–H and O–H groups in total. The Hall–Kier alpha value is -2.14. The van der Waals surface area contributed by atoms with Gasteiger partial charge in [0.05, 0.1) is 11.1 Å². The van der Waals surface area contributed by atoms with Gasteiger partial charge in [-0.25, -0.2) is 4.98 Å². The summed E-state index contributed by atoms with van der Waals surface area (Å²) in [5.74, 6) is 1.68. The van der Waals surface area contributed by atoms with Crippen molar-refractivity contribution in [1.82, 2.24) is 9.88 Å². The average molecular weight is 406 g/mol. The number of oxazole rings is 1. The van der Waals surface area contributed by atoms with Gasteiger partial charge in [-0.1, -0.05) is 17.7 Å². The largest absolute Gasteiger partial charge is 0.448 e. The Morgan fingerprint density at radius 3 is 2.70 bits per heavy atom. The number of likely N-dealkylation sites (tertiary alicyclic amines) is 1. The fourth-order valence-corrected chi connectivity index (χ4v) is 6.82. The Balaban J connectivity index is 1.11. The van der Waals surface area contributed by atoms with Gasteiger partial charge in [0.2, 0.25) is 5.91 Å². The molecule has 5 nitrogen and oxygen atoms in total. The molecule has 3 fully saturated rings. The molecule has 0 unspecified atom stereocenters. The maximum atomic E-state index is 12.9. The molecule has 2 aliphatic carbocycles. The molecule has 3 heterocycles. The van der Waals surface area contributed by atoms with Crippen LogP contribution in [0, 0.1) is 19.3 Å². The quantitative estimate of drug-likeness (QED) is 0.787. The van der Waals surface area contributed by atoms with Crippen molar-refractivity contribution in [2.75, 3.05) is 18.4 Å². The first-order valence-corrected chi connectivity index (χ1v) is 11.6. The zero-order valence-corrected chi connectivity index (χ0v) is 18.0. The molecular formula is C25H31N3O2. The van der Waals surface area contributed by atoms with Crippen LogP contribution in [0.25, 0.3) is 0 Å². The predicted molar refractivity (Wildman–Crippen MR) is 116 cm³/mol. The lowest BCUT2D eigenvalue weighted by Gasteiger charge is -2.45. The monoisotopic (exact) mass is 405 g/mol. The molecule has 1 saturated heterocycles. The Labute approximate surface area is 178 Å². The summed E-state index contributed by atoms with van der Waals surface area (Å²) in [5, 5.41) is 3.16. The van der Waals surface area contributed by atoms with Crippen molar-refractivity contribution in [3.05, 3.63) is 47.2 Å². The van der Waals surface area contributed by atoms with E-state index in [9.17, 15) is 4.79 Å². The lowest BCUT2D eigenvalue weighted by molar-refractivity contribution is -0.122. The molecule has 4 aliphatic rings. The summed E-state index contributed by atoms with van der Waals surface area (Å²) in [6.45, 7) is 6.54. The van der Waals surface area contributed by atoms with Crippen LogP contribution in [0.15, 0.2) is 28.9 Å². The van der Waals surface area contributed by atoms with Gasteiger partial charge in [0.15, 0.2) is 5.89 Å². The number of amides is 1. The van der Waals surface area contributed by atoms with Gasteiger partial charge in [-0.2, -0.15) is 0 Å². The number of rotatable bonds is 2. The number of hydrogen-bond acceptors (Lipinski definition) is 4. The van der Waals surface area contributed by atoms with Crippen molar-refractivity contribution in [3.63, 3.8) is 0 Å². The minimum Gasteiger partial charge on any atom is -0.448 e. The highest BCUT2D eigenvalue weighted by molar-refractivity contribution is 6.06. The van der Waals surface area contributed by atoms with E-state index < -0.39 is 0 Å². The van der Waals surface area contributed by atoms with E-state index in [2.05, 4.69) is 40.3 Å². The van der Waals surface area contributed by atoms with Gasteiger partial charge >= 0.3 is 0 Å². The molecule has 0 atom stereocenters. The molecule has 2 aliphatic heterocycles. The van der Waals surface area contributed by atoms with Crippen molar-refractivity contribution in [2.24, 2.45) is 5.41 Å². The van der Waals surface area contributed by atoms with Crippen molar-refractivity contribution < 1.29 is 9.21 Å². The van der Waals surface area contributed by atoms with Gasteiger partial charge in [-0.3, -0.25) is 9.69 Å². The maximum Gasteiger partial charge on any atom is 0.235 e. The summed E-state index contributed by atoms with van der Waals surface area (Å²) in [6, 6.07) is 7.03. The van der Waals surface area contributed by atoms with Crippen LogP contribution in [-0.2, 0) is 10.2 Å². The SMILES string of the molecule is Cc1ccc2c(c1)C1(CCC(N3CCC4(CC(c5nc(C)co5)C4)C3)CC1)C(=O)N2. The number of nitrogens with one attached hydrogen (secondary N) is 1. The Morgan fingerprint density at radius 1 is 1.17 bits per heavy atom. The minimum atomic E-state index is -0.292. The van der Waals surface area contributed by atoms with Crippen LogP contribution < -0.4 is 5.32 Å². The maximum absolute atomic E-state index is 12.9. The van der Waals surface area contributed by atoms with Crippen LogP contribution in [0.3, 0.4) is 0 Å². The molecule has 0 bridgehead atoms. The molecule has 2 aromatic rings. The van der Waals surface area contributed by atoms with E-state index in [-0.39, 0.29) is 11.3 Å². The number of carbonyl (C=O) groups excluding carboxylic acids is 1. The topological polar surface area (TPSA) is 58.4 Å². The summed E-state index contributed by atoms with van der Waals surface area (Å²) in [6.07, 6.45) is 9.71. The molecule has 30 heavy (non-hydrogen) atoms. The fraction of sp³-hybridized carbons (Fsp3) is 0.600. The number of benzene rings is 1. The zero-order chi connectivity index (χ0) is 20.5. The van der Waals surface area contributed by atoms with Gasteiger partial charge in [0.25, 0.3) is 0 Å². The van der Waals surface area contributed by atoms with E-state index in [0.717, 1.165) is 43.0 Å². The van der Waals surface area contributed by atoms with Crippen LogP contribution >= 0.6 is 0 Å². The predicted octanol–water partition coefficient (Wildman–Crippen LogP) is 4.69. The number of fused-ring (bicyclic) bond motifs is 2. The molecule has 158 valence electrons. The Morgan fingerprint density at radius 2 is 1.97 bits per heavy atom. The van der Waals surface area contributed by atoms with E-state index in [1.165, 1.54) is 43.5 Å². The molecule has 1 aromatic carbocycles. The van der Waals surface area contributed by atoms with Gasteiger partial charge in [0, 0.05) is 24.2 Å². The number of aryl methyl sites for hydroxylation is 2. The van der Waals surface area contributed by atoms with Crippen LogP contribution in [0.4, 0.5) is 5.69 Å². The van der Waals surface area contributed by atoms with Gasteiger partial charge in [-0.15, -0.1) is 0 Å². The number of aromatic nitrogens is 1. The van der Waals surface area contributed by atoms with E-state index in [0.29, 0.717) is 17.4 Å². The van der Waals surface area contributed by atoms with Crippen LogP contribution in [0.2, 0.25) is 0 Å². The Kier molecular flexibility index (Phi) is 3.99. The van der Waals surface area contributed by atoms with Crippen LogP contribution in [-0.4, -0.2) is 34.9 Å². The van der Waals surface area contributed by atoms with E-state index in [1.807, 2.05) is 6.92 Å². The molecule has 6 rings (SSSR count). The van der Waals surface area contributed by atoms with Gasteiger partial charge in [-0.05, 0) is 82.4 Å². The van der Waals surface area contributed by atoms with Crippen molar-refractivity contribution >= 4 is 11.6 Å². The highest BCUT2D eigenvalue weighted by Crippen LogP contribution is 2.57. The summed E-state index contributed by atoms with van der Waals surface area (Å²) >= 11 is 0. The smallest absolute Gasteiger partial charge is 0.235 e. The van der Waals surface area contributed by atoms with Gasteiger partial charge < -0.3 is 9.73 Å². The molecule has 5 heteroatoms. The molecule has 1 aromatic heterocycles. The second-order valence-electron chi connectivity index (χ2n) is 10.5. The first-order chi connectivity index (χ1) is 14.5. The Bertz CT molecular complexity index is 996. The third-order valence-corrected chi connectivity index (χ3v) is 8.51. The van der Waals surface area contributed by atoms with E-state index in [1.54, 1.807) is 6.26 Å². The lowest BCUT2D eigenvalue weighted by Crippen LogP contribution is -2.46. The van der Waals surface area contributed by atoms with Crippen LogP contribution in [0.5, 0.6) is 0 Å². The average Bonchev–Trinajstić information content (AvgIpc) is 3.40. The molecular weight excluding hydrogens is 374 g/mol. The number of nitrogens with zero attached hydrogens (tertiary/aromatic N) is 2. The molecule has 1 amide bonds.